The molecule has 0 radical (unpaired) electrons. The number of carbonyl (C=O) groups is 2. The summed E-state index contributed by atoms with van der Waals surface area (Å²) in [6.45, 7) is 0.761. The Kier molecular flexibility index (Phi) is 8.72. The van der Waals surface area contributed by atoms with Gasteiger partial charge in [-0.3, -0.25) is 9.78 Å². The lowest BCUT2D eigenvalue weighted by atomic mass is 9.97. The second-order valence-electron chi connectivity index (χ2n) is 10.1. The number of benzene rings is 2. The minimum absolute atomic E-state index is 0.0813. The van der Waals surface area contributed by atoms with E-state index in [2.05, 4.69) is 20.3 Å². The van der Waals surface area contributed by atoms with Gasteiger partial charge in [-0.05, 0) is 42.8 Å². The van der Waals surface area contributed by atoms with E-state index in [0.29, 0.717) is 40.0 Å². The SMILES string of the molecule is COC(=O)[C@H](Cc1ccc(-c2nccc(C)n2)c2ncccc12)NC(=O)c1c(F)cc(N2CCOC[C@@H]2C(F)(F)F)cc1F. The number of hydrogen-bond donors (Lipinski definition) is 1. The van der Waals surface area contributed by atoms with Crippen molar-refractivity contribution in [1.29, 1.82) is 0 Å². The van der Waals surface area contributed by atoms with Crippen LogP contribution in [0.4, 0.5) is 27.6 Å². The molecule has 44 heavy (non-hydrogen) atoms. The summed E-state index contributed by atoms with van der Waals surface area (Å²) in [6.07, 6.45) is -1.67. The summed E-state index contributed by atoms with van der Waals surface area (Å²) < 4.78 is 80.6. The summed E-state index contributed by atoms with van der Waals surface area (Å²) in [5.41, 5.74) is 1.000. The average Bonchev–Trinajstić information content (AvgIpc) is 2.99. The highest BCUT2D eigenvalue weighted by Crippen LogP contribution is 2.33. The van der Waals surface area contributed by atoms with Crippen molar-refractivity contribution in [3.8, 4) is 11.4 Å². The molecule has 0 saturated carbocycles. The van der Waals surface area contributed by atoms with Crippen molar-refractivity contribution in [3.63, 3.8) is 0 Å². The van der Waals surface area contributed by atoms with Gasteiger partial charge >= 0.3 is 12.1 Å². The number of ether oxygens (including phenoxy) is 2. The third-order valence-corrected chi connectivity index (χ3v) is 7.20. The van der Waals surface area contributed by atoms with Crippen molar-refractivity contribution in [3.05, 3.63) is 83.3 Å². The number of morpholine rings is 1. The first-order valence-electron chi connectivity index (χ1n) is 13.4. The van der Waals surface area contributed by atoms with Crippen LogP contribution in [-0.4, -0.2) is 72.0 Å². The van der Waals surface area contributed by atoms with E-state index in [1.165, 1.54) is 0 Å². The molecule has 0 unspecified atom stereocenters. The van der Waals surface area contributed by atoms with Crippen LogP contribution in [0.2, 0.25) is 0 Å². The molecule has 1 aliphatic rings. The molecule has 1 amide bonds. The van der Waals surface area contributed by atoms with Gasteiger partial charge in [-0.25, -0.2) is 23.5 Å². The number of nitrogens with one attached hydrogen (secondary N) is 1. The maximum absolute atomic E-state index is 15.2. The number of rotatable bonds is 7. The molecule has 230 valence electrons. The molecule has 3 heterocycles. The number of pyridine rings is 1. The molecule has 1 saturated heterocycles. The fraction of sp³-hybridized carbons (Fsp3) is 0.300. The van der Waals surface area contributed by atoms with E-state index in [0.717, 1.165) is 17.7 Å². The van der Waals surface area contributed by atoms with Gasteiger partial charge in [0.1, 0.15) is 29.3 Å². The number of aryl methyl sites for hydroxylation is 1. The van der Waals surface area contributed by atoms with E-state index < -0.39 is 59.6 Å². The number of esters is 1. The molecular weight excluding hydrogens is 589 g/mol. The van der Waals surface area contributed by atoms with Gasteiger partial charge in [0.15, 0.2) is 5.82 Å². The second kappa shape index (κ2) is 12.5. The van der Waals surface area contributed by atoms with Crippen molar-refractivity contribution < 1.29 is 41.0 Å². The summed E-state index contributed by atoms with van der Waals surface area (Å²) >= 11 is 0. The highest BCUT2D eigenvalue weighted by molar-refractivity contribution is 5.98. The van der Waals surface area contributed by atoms with Crippen molar-refractivity contribution in [1.82, 2.24) is 20.3 Å². The number of amides is 1. The average molecular weight is 616 g/mol. The number of nitrogens with zero attached hydrogens (tertiary/aromatic N) is 4. The Balaban J connectivity index is 1.43. The van der Waals surface area contributed by atoms with Crippen molar-refractivity contribution in [2.24, 2.45) is 0 Å². The van der Waals surface area contributed by atoms with Gasteiger partial charge in [-0.15, -0.1) is 0 Å². The number of aromatic nitrogens is 3. The van der Waals surface area contributed by atoms with Gasteiger partial charge < -0.3 is 19.7 Å². The quantitative estimate of drug-likeness (QED) is 0.238. The molecular formula is C30H26F5N5O4. The lowest BCUT2D eigenvalue weighted by Gasteiger charge is -2.38. The third-order valence-electron chi connectivity index (χ3n) is 7.20. The monoisotopic (exact) mass is 615 g/mol. The van der Waals surface area contributed by atoms with Crippen molar-refractivity contribution in [2.45, 2.75) is 31.6 Å². The van der Waals surface area contributed by atoms with Gasteiger partial charge in [0, 0.05) is 47.7 Å². The van der Waals surface area contributed by atoms with Crippen LogP contribution in [0.5, 0.6) is 0 Å². The van der Waals surface area contributed by atoms with Crippen molar-refractivity contribution >= 4 is 28.5 Å². The Morgan fingerprint density at radius 1 is 1.11 bits per heavy atom. The predicted molar refractivity (Wildman–Crippen MR) is 149 cm³/mol. The zero-order valence-electron chi connectivity index (χ0n) is 23.5. The van der Waals surface area contributed by atoms with Gasteiger partial charge in [0.2, 0.25) is 0 Å². The summed E-state index contributed by atoms with van der Waals surface area (Å²) in [7, 11) is 1.09. The number of methoxy groups -OCH3 is 1. The van der Waals surface area contributed by atoms with E-state index in [4.69, 9.17) is 9.47 Å². The normalized spacial score (nSPS) is 16.1. The summed E-state index contributed by atoms with van der Waals surface area (Å²) in [6, 6.07) is 6.40. The summed E-state index contributed by atoms with van der Waals surface area (Å²) in [4.78, 5) is 39.8. The van der Waals surface area contributed by atoms with Crippen LogP contribution in [0, 0.1) is 18.6 Å². The van der Waals surface area contributed by atoms with Gasteiger partial charge in [-0.2, -0.15) is 13.2 Å². The largest absolute Gasteiger partial charge is 0.467 e. The third kappa shape index (κ3) is 6.30. The molecule has 0 bridgehead atoms. The fourth-order valence-corrected chi connectivity index (χ4v) is 5.08. The van der Waals surface area contributed by atoms with E-state index in [1.54, 1.807) is 42.7 Å². The number of carbonyl (C=O) groups excluding carboxylic acids is 2. The molecule has 1 aliphatic heterocycles. The van der Waals surface area contributed by atoms with Crippen LogP contribution >= 0.6 is 0 Å². The van der Waals surface area contributed by atoms with Crippen LogP contribution in [0.3, 0.4) is 0 Å². The van der Waals surface area contributed by atoms with Crippen LogP contribution < -0.4 is 10.2 Å². The molecule has 0 spiro atoms. The molecule has 14 heteroatoms. The van der Waals surface area contributed by atoms with Gasteiger partial charge in [0.05, 0.1) is 25.8 Å². The topological polar surface area (TPSA) is 107 Å². The Morgan fingerprint density at radius 3 is 2.55 bits per heavy atom. The first kappa shape index (κ1) is 30.7. The first-order chi connectivity index (χ1) is 21.0. The Bertz CT molecular complexity index is 1690. The summed E-state index contributed by atoms with van der Waals surface area (Å²) in [5.74, 6) is -4.54. The number of fused-ring (bicyclic) bond motifs is 1. The first-order valence-corrected chi connectivity index (χ1v) is 13.4. The molecule has 9 nitrogen and oxygen atoms in total. The number of halogens is 5. The van der Waals surface area contributed by atoms with Crippen LogP contribution in [0.15, 0.2) is 54.9 Å². The molecule has 2 atom stereocenters. The fourth-order valence-electron chi connectivity index (χ4n) is 5.08. The predicted octanol–water partition coefficient (Wildman–Crippen LogP) is 4.56. The van der Waals surface area contributed by atoms with Crippen LogP contribution in [0.1, 0.15) is 21.6 Å². The molecule has 2 aromatic heterocycles. The Hall–Kier alpha value is -4.72. The Morgan fingerprint density at radius 2 is 1.86 bits per heavy atom. The zero-order chi connectivity index (χ0) is 31.6. The minimum atomic E-state index is -4.72. The lowest BCUT2D eigenvalue weighted by molar-refractivity contribution is -0.167. The Labute approximate surface area is 248 Å². The highest BCUT2D eigenvalue weighted by Gasteiger charge is 2.46. The van der Waals surface area contributed by atoms with E-state index >= 15 is 8.78 Å². The highest BCUT2D eigenvalue weighted by atomic mass is 19.4. The zero-order valence-corrected chi connectivity index (χ0v) is 23.5. The standard InChI is InChI=1S/C30H26F5N5O4/c1-16-7-9-37-27(38-16)20-6-5-17(19-4-3-8-36-26(19)20)12-23(29(42)43-2)39-28(41)25-21(31)13-18(14-22(25)32)40-10-11-44-15-24(40)30(33,34)35/h3-9,13-14,23-24H,10-12,15H2,1-2H3,(H,39,41)/t23-,24+/m0/s1. The van der Waals surface area contributed by atoms with Gasteiger partial charge in [-0.1, -0.05) is 12.1 Å². The molecule has 5 rings (SSSR count). The van der Waals surface area contributed by atoms with Crippen LogP contribution in [-0.2, 0) is 20.7 Å². The molecule has 4 aromatic rings. The number of anilines is 1. The van der Waals surface area contributed by atoms with Crippen LogP contribution in [0.25, 0.3) is 22.3 Å². The van der Waals surface area contributed by atoms with Gasteiger partial charge in [0.25, 0.3) is 5.91 Å². The second-order valence-corrected chi connectivity index (χ2v) is 10.1. The smallest absolute Gasteiger partial charge is 0.411 e. The molecule has 1 fully saturated rings. The lowest BCUT2D eigenvalue weighted by Crippen LogP contribution is -2.53. The minimum Gasteiger partial charge on any atom is -0.467 e. The van der Waals surface area contributed by atoms with E-state index in [-0.39, 0.29) is 19.6 Å². The molecule has 0 aliphatic carbocycles. The van der Waals surface area contributed by atoms with Crippen molar-refractivity contribution in [2.75, 3.05) is 31.8 Å². The van der Waals surface area contributed by atoms with E-state index in [1.807, 2.05) is 6.92 Å². The summed E-state index contributed by atoms with van der Waals surface area (Å²) in [5, 5.41) is 2.93. The number of alkyl halides is 3. The van der Waals surface area contributed by atoms with E-state index in [9.17, 15) is 22.8 Å². The number of hydrogen-bond acceptors (Lipinski definition) is 8. The molecule has 2 aromatic carbocycles. The molecule has 1 N–H and O–H groups in total. The maximum Gasteiger partial charge on any atom is 0.411 e. The maximum atomic E-state index is 15.2.